The van der Waals surface area contributed by atoms with Crippen LogP contribution in [0.1, 0.15) is 27.9 Å². The molecule has 1 atom stereocenters. The van der Waals surface area contributed by atoms with Crippen LogP contribution in [0.15, 0.2) is 48.9 Å². The molecule has 0 spiro atoms. The molecule has 0 aliphatic carbocycles. The summed E-state index contributed by atoms with van der Waals surface area (Å²) < 4.78 is 58.6. The van der Waals surface area contributed by atoms with E-state index in [9.17, 15) is 22.4 Å². The average molecular weight is 542 g/mol. The van der Waals surface area contributed by atoms with E-state index in [2.05, 4.69) is 30.6 Å². The normalized spacial score (nSPS) is 15.4. The SMILES string of the molecule is COc1ccc(NC(=O)c2ccc(C)c(Nc3ncnc4cnc(N5CC[C@H](F)C5)nc34)c2)cc1C(F)(F)F. The van der Waals surface area contributed by atoms with Gasteiger partial charge in [-0.05, 0) is 49.2 Å². The fourth-order valence-electron chi connectivity index (χ4n) is 4.22. The first-order valence-electron chi connectivity index (χ1n) is 11.9. The van der Waals surface area contributed by atoms with Crippen molar-refractivity contribution in [3.05, 3.63) is 65.6 Å². The molecule has 2 aromatic heterocycles. The maximum absolute atomic E-state index is 13.7. The molecule has 39 heavy (non-hydrogen) atoms. The van der Waals surface area contributed by atoms with Crippen molar-refractivity contribution in [1.82, 2.24) is 19.9 Å². The minimum atomic E-state index is -4.65. The molecule has 0 saturated carbocycles. The highest BCUT2D eigenvalue weighted by atomic mass is 19.4. The Morgan fingerprint density at radius 2 is 1.95 bits per heavy atom. The molecule has 1 saturated heterocycles. The fraction of sp³-hybridized carbons (Fsp3) is 0.269. The molecule has 0 bridgehead atoms. The molecule has 1 fully saturated rings. The summed E-state index contributed by atoms with van der Waals surface area (Å²) in [5.74, 6) is -0.239. The van der Waals surface area contributed by atoms with Gasteiger partial charge in [-0.1, -0.05) is 6.07 Å². The van der Waals surface area contributed by atoms with Crippen LogP contribution in [0.5, 0.6) is 5.75 Å². The molecule has 1 aliphatic rings. The summed E-state index contributed by atoms with van der Waals surface area (Å²) in [4.78, 5) is 32.0. The molecule has 1 aliphatic heterocycles. The van der Waals surface area contributed by atoms with E-state index in [1.165, 1.54) is 18.6 Å². The second-order valence-electron chi connectivity index (χ2n) is 8.98. The van der Waals surface area contributed by atoms with E-state index in [1.54, 1.807) is 23.1 Å². The number of ether oxygens (including phenoxy) is 1. The molecule has 9 nitrogen and oxygen atoms in total. The zero-order valence-electron chi connectivity index (χ0n) is 20.9. The molecule has 0 unspecified atom stereocenters. The van der Waals surface area contributed by atoms with E-state index < -0.39 is 23.8 Å². The van der Waals surface area contributed by atoms with Crippen LogP contribution in [-0.4, -0.2) is 52.2 Å². The van der Waals surface area contributed by atoms with E-state index in [4.69, 9.17) is 4.74 Å². The molecule has 2 N–H and O–H groups in total. The molecule has 202 valence electrons. The van der Waals surface area contributed by atoms with E-state index in [-0.39, 0.29) is 23.5 Å². The van der Waals surface area contributed by atoms with Gasteiger partial charge in [0.15, 0.2) is 5.82 Å². The number of nitrogens with one attached hydrogen (secondary N) is 2. The van der Waals surface area contributed by atoms with Crippen LogP contribution in [-0.2, 0) is 6.18 Å². The van der Waals surface area contributed by atoms with Crippen LogP contribution in [0.25, 0.3) is 11.0 Å². The number of aryl methyl sites for hydroxylation is 1. The zero-order chi connectivity index (χ0) is 27.7. The summed E-state index contributed by atoms with van der Waals surface area (Å²) in [6.45, 7) is 2.52. The third kappa shape index (κ3) is 5.52. The van der Waals surface area contributed by atoms with Gasteiger partial charge < -0.3 is 20.3 Å². The third-order valence-electron chi connectivity index (χ3n) is 6.29. The number of benzene rings is 2. The van der Waals surface area contributed by atoms with Gasteiger partial charge in [0.1, 0.15) is 29.3 Å². The van der Waals surface area contributed by atoms with Crippen molar-refractivity contribution < 1.29 is 27.1 Å². The van der Waals surface area contributed by atoms with Crippen molar-refractivity contribution in [3.8, 4) is 5.75 Å². The first-order valence-corrected chi connectivity index (χ1v) is 11.9. The summed E-state index contributed by atoms with van der Waals surface area (Å²) in [5.41, 5.74) is 1.35. The van der Waals surface area contributed by atoms with E-state index in [1.807, 2.05) is 6.92 Å². The van der Waals surface area contributed by atoms with Gasteiger partial charge in [-0.2, -0.15) is 13.2 Å². The Morgan fingerprint density at radius 3 is 2.67 bits per heavy atom. The number of carbonyl (C=O) groups is 1. The van der Waals surface area contributed by atoms with E-state index in [0.29, 0.717) is 41.5 Å². The smallest absolute Gasteiger partial charge is 0.420 e. The minimum absolute atomic E-state index is 0.0355. The number of carbonyl (C=O) groups excluding carboxylic acids is 1. The lowest BCUT2D eigenvalue weighted by molar-refractivity contribution is -0.138. The Balaban J connectivity index is 1.41. The van der Waals surface area contributed by atoms with Crippen LogP contribution in [0.4, 0.5) is 40.7 Å². The molecular formula is C26H23F4N7O2. The monoisotopic (exact) mass is 541 g/mol. The summed E-state index contributed by atoms with van der Waals surface area (Å²) in [6.07, 6.45) is -2.31. The topological polar surface area (TPSA) is 105 Å². The maximum Gasteiger partial charge on any atom is 0.420 e. The number of hydrogen-bond acceptors (Lipinski definition) is 8. The Morgan fingerprint density at radius 1 is 1.13 bits per heavy atom. The molecule has 5 rings (SSSR count). The number of halogens is 4. The number of fused-ring (bicyclic) bond motifs is 1. The number of nitrogens with zero attached hydrogens (tertiary/aromatic N) is 5. The highest BCUT2D eigenvalue weighted by molar-refractivity contribution is 6.05. The summed E-state index contributed by atoms with van der Waals surface area (Å²) in [7, 11) is 1.14. The zero-order valence-corrected chi connectivity index (χ0v) is 20.9. The van der Waals surface area contributed by atoms with Crippen LogP contribution < -0.4 is 20.3 Å². The van der Waals surface area contributed by atoms with Gasteiger partial charge in [-0.3, -0.25) is 4.79 Å². The Bertz CT molecular complexity index is 1550. The van der Waals surface area contributed by atoms with Crippen molar-refractivity contribution in [2.75, 3.05) is 35.7 Å². The lowest BCUT2D eigenvalue weighted by Gasteiger charge is -2.16. The van der Waals surface area contributed by atoms with E-state index in [0.717, 1.165) is 24.8 Å². The number of alkyl halides is 4. The lowest BCUT2D eigenvalue weighted by Crippen LogP contribution is -2.22. The Labute approximate surface area is 220 Å². The van der Waals surface area contributed by atoms with Gasteiger partial charge in [0, 0.05) is 23.5 Å². The van der Waals surface area contributed by atoms with Crippen molar-refractivity contribution in [3.63, 3.8) is 0 Å². The fourth-order valence-corrected chi connectivity index (χ4v) is 4.22. The minimum Gasteiger partial charge on any atom is -0.496 e. The predicted octanol–water partition coefficient (Wildman–Crippen LogP) is 5.30. The molecule has 0 radical (unpaired) electrons. The number of aromatic nitrogens is 4. The summed E-state index contributed by atoms with van der Waals surface area (Å²) in [5, 5.41) is 5.67. The molecule has 3 heterocycles. The van der Waals surface area contributed by atoms with Gasteiger partial charge in [0.25, 0.3) is 5.91 Å². The van der Waals surface area contributed by atoms with Gasteiger partial charge >= 0.3 is 6.18 Å². The van der Waals surface area contributed by atoms with Gasteiger partial charge in [0.05, 0.1) is 25.4 Å². The van der Waals surface area contributed by atoms with Crippen LogP contribution >= 0.6 is 0 Å². The number of anilines is 4. The lowest BCUT2D eigenvalue weighted by atomic mass is 10.1. The van der Waals surface area contributed by atoms with Crippen molar-refractivity contribution in [1.29, 1.82) is 0 Å². The molecule has 4 aromatic rings. The number of methoxy groups -OCH3 is 1. The number of hydrogen-bond donors (Lipinski definition) is 2. The summed E-state index contributed by atoms with van der Waals surface area (Å²) >= 11 is 0. The first kappa shape index (κ1) is 26.1. The molecule has 2 aromatic carbocycles. The molecular weight excluding hydrogens is 518 g/mol. The first-order chi connectivity index (χ1) is 18.6. The molecule has 13 heteroatoms. The summed E-state index contributed by atoms with van der Waals surface area (Å²) in [6, 6.07) is 8.11. The van der Waals surface area contributed by atoms with Crippen molar-refractivity contribution in [2.24, 2.45) is 0 Å². The van der Waals surface area contributed by atoms with Crippen molar-refractivity contribution in [2.45, 2.75) is 25.7 Å². The second kappa shape index (κ2) is 10.3. The maximum atomic E-state index is 13.7. The Hall–Kier alpha value is -4.55. The highest BCUT2D eigenvalue weighted by Gasteiger charge is 2.34. The Kier molecular flexibility index (Phi) is 6.89. The van der Waals surface area contributed by atoms with Gasteiger partial charge in [-0.15, -0.1) is 0 Å². The quantitative estimate of drug-likeness (QED) is 0.317. The molecule has 1 amide bonds. The van der Waals surface area contributed by atoms with Crippen molar-refractivity contribution >= 4 is 40.1 Å². The highest BCUT2D eigenvalue weighted by Crippen LogP contribution is 2.38. The predicted molar refractivity (Wildman–Crippen MR) is 137 cm³/mol. The number of amides is 1. The van der Waals surface area contributed by atoms with Crippen LogP contribution in [0.2, 0.25) is 0 Å². The largest absolute Gasteiger partial charge is 0.496 e. The van der Waals surface area contributed by atoms with Gasteiger partial charge in [-0.25, -0.2) is 24.3 Å². The second-order valence-corrected chi connectivity index (χ2v) is 8.98. The third-order valence-corrected chi connectivity index (χ3v) is 6.29. The standard InChI is InChI=1S/C26H23F4N7O2/c1-14-3-4-15(24(38)34-17-5-6-21(39-2)18(10-17)26(28,29)30)9-19(14)35-23-22-20(32-13-33-23)11-31-25(36-22)37-8-7-16(27)12-37/h3-6,9-11,13,16H,7-8,12H2,1-2H3,(H,34,38)(H,32,33,35)/t16-/m0/s1. The van der Waals surface area contributed by atoms with E-state index >= 15 is 0 Å². The van der Waals surface area contributed by atoms with Crippen LogP contribution in [0, 0.1) is 6.92 Å². The average Bonchev–Trinajstić information content (AvgIpc) is 3.35. The number of rotatable bonds is 6. The van der Waals surface area contributed by atoms with Gasteiger partial charge in [0.2, 0.25) is 5.95 Å². The van der Waals surface area contributed by atoms with Crippen LogP contribution in [0.3, 0.4) is 0 Å².